The van der Waals surface area contributed by atoms with Crippen LogP contribution in [0.1, 0.15) is 19.4 Å². The molecule has 5 N–H and O–H groups in total. The van der Waals surface area contributed by atoms with E-state index < -0.39 is 11.5 Å². The molecule has 106 valence electrons. The van der Waals surface area contributed by atoms with Crippen LogP contribution in [0.25, 0.3) is 6.08 Å². The second-order valence-corrected chi connectivity index (χ2v) is 5.11. The first-order valence-electron chi connectivity index (χ1n) is 6.36. The number of benzene rings is 1. The van der Waals surface area contributed by atoms with Crippen molar-refractivity contribution < 1.29 is 15.3 Å². The number of hydrogen-bond acceptors (Lipinski definition) is 4. The van der Waals surface area contributed by atoms with Crippen molar-refractivity contribution in [3.63, 3.8) is 0 Å². The molecule has 1 aliphatic rings. The minimum Gasteiger partial charge on any atom is -0.368 e. The molecule has 0 amide bonds. The van der Waals surface area contributed by atoms with Gasteiger partial charge in [0.05, 0.1) is 0 Å². The quantitative estimate of drug-likeness (QED) is 0.483. The van der Waals surface area contributed by atoms with E-state index in [0.717, 1.165) is 5.56 Å². The number of rotatable bonds is 2. The normalized spacial score (nSPS) is 26.0. The highest BCUT2D eigenvalue weighted by atomic mass is 16.5. The van der Waals surface area contributed by atoms with Crippen molar-refractivity contribution in [3.05, 3.63) is 64.8 Å². The molecule has 0 fully saturated rings. The summed E-state index contributed by atoms with van der Waals surface area (Å²) in [5.74, 6) is -2.08. The largest absolute Gasteiger partial charge is 0.368 e. The van der Waals surface area contributed by atoms with Crippen LogP contribution >= 0.6 is 0 Å². The highest BCUT2D eigenvalue weighted by molar-refractivity contribution is 5.58. The Morgan fingerprint density at radius 1 is 1.00 bits per heavy atom. The summed E-state index contributed by atoms with van der Waals surface area (Å²) >= 11 is 0. The van der Waals surface area contributed by atoms with Crippen LogP contribution in [-0.4, -0.2) is 26.8 Å². The van der Waals surface area contributed by atoms with E-state index in [0.29, 0.717) is 0 Å². The van der Waals surface area contributed by atoms with Crippen LogP contribution in [0.3, 0.4) is 0 Å². The molecule has 4 heteroatoms. The number of hydrogen-bond donors (Lipinski definition) is 4. The fourth-order valence-corrected chi connectivity index (χ4v) is 2.29. The summed E-state index contributed by atoms with van der Waals surface area (Å²) in [5.41, 5.74) is 5.75. The fraction of sp³-hybridized carbons (Fsp3) is 0.250. The van der Waals surface area contributed by atoms with E-state index in [-0.39, 0.29) is 16.7 Å². The Morgan fingerprint density at radius 2 is 1.60 bits per heavy atom. The summed E-state index contributed by atoms with van der Waals surface area (Å²) in [5, 5.41) is 30.3. The molecule has 1 aromatic rings. The van der Waals surface area contributed by atoms with Crippen LogP contribution in [0.4, 0.5) is 0 Å². The Kier molecular flexibility index (Phi) is 3.67. The minimum atomic E-state index is -2.08. The lowest BCUT2D eigenvalue weighted by atomic mass is 9.82. The summed E-state index contributed by atoms with van der Waals surface area (Å²) < 4.78 is 0. The third kappa shape index (κ3) is 2.59. The van der Waals surface area contributed by atoms with Gasteiger partial charge in [0.15, 0.2) is 5.72 Å². The highest BCUT2D eigenvalue weighted by Gasteiger charge is 2.40. The number of aliphatic hydroxyl groups is 3. The van der Waals surface area contributed by atoms with E-state index in [2.05, 4.69) is 0 Å². The van der Waals surface area contributed by atoms with E-state index in [1.165, 1.54) is 13.0 Å². The molecule has 1 atom stereocenters. The number of nitrogens with two attached hydrogens (primary N) is 1. The Balaban J connectivity index is 2.44. The molecule has 0 spiro atoms. The second-order valence-electron chi connectivity index (χ2n) is 5.11. The Morgan fingerprint density at radius 3 is 2.20 bits per heavy atom. The van der Waals surface area contributed by atoms with E-state index in [4.69, 9.17) is 5.73 Å². The molecule has 2 rings (SSSR count). The van der Waals surface area contributed by atoms with Gasteiger partial charge in [-0.3, -0.25) is 5.73 Å². The summed E-state index contributed by atoms with van der Waals surface area (Å²) in [4.78, 5) is 0. The fourth-order valence-electron chi connectivity index (χ4n) is 2.29. The SMILES string of the molecule is CC1=CC(N)(O)C(/C=C/c2ccccc2)=C(C)C1(O)O. The van der Waals surface area contributed by atoms with Gasteiger partial charge < -0.3 is 15.3 Å². The van der Waals surface area contributed by atoms with Crippen LogP contribution < -0.4 is 5.73 Å². The third-order valence-electron chi connectivity index (χ3n) is 3.59. The lowest BCUT2D eigenvalue weighted by Crippen LogP contribution is -2.48. The first kappa shape index (κ1) is 14.7. The van der Waals surface area contributed by atoms with Crippen LogP contribution in [-0.2, 0) is 0 Å². The zero-order valence-electron chi connectivity index (χ0n) is 11.5. The zero-order valence-corrected chi connectivity index (χ0v) is 11.5. The standard InChI is InChI=1S/C16H19NO3/c1-11-10-15(17,18)14(12(2)16(11,19)20)9-8-13-6-4-3-5-7-13/h3-10,18-20H,17H2,1-2H3/b9-8+. The van der Waals surface area contributed by atoms with Crippen molar-refractivity contribution in [2.75, 3.05) is 0 Å². The molecule has 0 heterocycles. The molecule has 1 aromatic carbocycles. The molecule has 0 aliphatic heterocycles. The smallest absolute Gasteiger partial charge is 0.209 e. The predicted octanol–water partition coefficient (Wildman–Crippen LogP) is 1.30. The van der Waals surface area contributed by atoms with E-state index in [1.54, 1.807) is 19.1 Å². The van der Waals surface area contributed by atoms with Crippen molar-refractivity contribution >= 4 is 6.08 Å². The predicted molar refractivity (Wildman–Crippen MR) is 78.2 cm³/mol. The Bertz CT molecular complexity index is 595. The van der Waals surface area contributed by atoms with Gasteiger partial charge in [-0.1, -0.05) is 42.5 Å². The molecule has 0 aromatic heterocycles. The van der Waals surface area contributed by atoms with Crippen LogP contribution in [0.5, 0.6) is 0 Å². The summed E-state index contributed by atoms with van der Waals surface area (Å²) in [7, 11) is 0. The average molecular weight is 273 g/mol. The molecular weight excluding hydrogens is 254 g/mol. The maximum Gasteiger partial charge on any atom is 0.209 e. The lowest BCUT2D eigenvalue weighted by molar-refractivity contribution is -0.101. The van der Waals surface area contributed by atoms with Gasteiger partial charge in [0.2, 0.25) is 5.79 Å². The lowest BCUT2D eigenvalue weighted by Gasteiger charge is -2.36. The van der Waals surface area contributed by atoms with Gasteiger partial charge in [-0.2, -0.15) is 0 Å². The molecule has 20 heavy (non-hydrogen) atoms. The van der Waals surface area contributed by atoms with Crippen molar-refractivity contribution in [3.8, 4) is 0 Å². The van der Waals surface area contributed by atoms with Gasteiger partial charge in [0, 0.05) is 5.57 Å². The van der Waals surface area contributed by atoms with Crippen molar-refractivity contribution in [1.29, 1.82) is 0 Å². The maximum atomic E-state index is 10.3. The van der Waals surface area contributed by atoms with Crippen molar-refractivity contribution in [2.45, 2.75) is 25.4 Å². The van der Waals surface area contributed by atoms with Gasteiger partial charge >= 0.3 is 0 Å². The maximum absolute atomic E-state index is 10.3. The van der Waals surface area contributed by atoms with Gasteiger partial charge in [0.1, 0.15) is 0 Å². The minimum absolute atomic E-state index is 0.205. The zero-order chi connectivity index (χ0) is 15.0. The molecule has 0 saturated carbocycles. The summed E-state index contributed by atoms with van der Waals surface area (Å²) in [6.07, 6.45) is 4.63. The van der Waals surface area contributed by atoms with Crippen LogP contribution in [0.2, 0.25) is 0 Å². The molecule has 1 aliphatic carbocycles. The summed E-state index contributed by atoms with van der Waals surface area (Å²) in [6, 6.07) is 9.49. The van der Waals surface area contributed by atoms with Gasteiger partial charge in [-0.15, -0.1) is 0 Å². The van der Waals surface area contributed by atoms with Crippen LogP contribution in [0.15, 0.2) is 59.2 Å². The van der Waals surface area contributed by atoms with E-state index in [9.17, 15) is 15.3 Å². The topological polar surface area (TPSA) is 86.7 Å². The van der Waals surface area contributed by atoms with Gasteiger partial charge in [-0.05, 0) is 36.6 Å². The molecule has 0 saturated heterocycles. The Hall–Kier alpha value is -1.72. The monoisotopic (exact) mass is 273 g/mol. The molecule has 0 radical (unpaired) electrons. The van der Waals surface area contributed by atoms with Crippen LogP contribution in [0, 0.1) is 0 Å². The third-order valence-corrected chi connectivity index (χ3v) is 3.59. The first-order valence-corrected chi connectivity index (χ1v) is 6.36. The van der Waals surface area contributed by atoms with Gasteiger partial charge in [0.25, 0.3) is 0 Å². The van der Waals surface area contributed by atoms with Crippen molar-refractivity contribution in [1.82, 2.24) is 0 Å². The van der Waals surface area contributed by atoms with E-state index >= 15 is 0 Å². The molecular formula is C16H19NO3. The Labute approximate surface area is 118 Å². The average Bonchev–Trinajstić information content (AvgIpc) is 2.37. The van der Waals surface area contributed by atoms with E-state index in [1.807, 2.05) is 30.3 Å². The summed E-state index contributed by atoms with van der Waals surface area (Å²) in [6.45, 7) is 3.05. The van der Waals surface area contributed by atoms with Gasteiger partial charge in [-0.25, -0.2) is 0 Å². The molecule has 1 unspecified atom stereocenters. The highest BCUT2D eigenvalue weighted by Crippen LogP contribution is 2.36. The first-order chi connectivity index (χ1) is 9.25. The molecule has 0 bridgehead atoms. The second kappa shape index (κ2) is 5.00. The molecule has 4 nitrogen and oxygen atoms in total. The van der Waals surface area contributed by atoms with Crippen molar-refractivity contribution in [2.24, 2.45) is 5.73 Å².